The van der Waals surface area contributed by atoms with Crippen molar-refractivity contribution in [2.75, 3.05) is 19.0 Å². The molecular formula is C16H14INO4. The van der Waals surface area contributed by atoms with Crippen molar-refractivity contribution in [3.05, 3.63) is 51.6 Å². The number of carbonyl (C=O) groups excluding carboxylic acids is 2. The lowest BCUT2D eigenvalue weighted by atomic mass is 10.2. The van der Waals surface area contributed by atoms with Crippen molar-refractivity contribution in [1.82, 2.24) is 0 Å². The Morgan fingerprint density at radius 3 is 2.77 bits per heavy atom. The molecule has 2 aromatic rings. The molecule has 0 spiro atoms. The minimum absolute atomic E-state index is 0.182. The van der Waals surface area contributed by atoms with Gasteiger partial charge < -0.3 is 14.8 Å². The largest absolute Gasteiger partial charge is 0.497 e. The molecule has 0 heterocycles. The second-order valence-corrected chi connectivity index (χ2v) is 5.61. The molecule has 0 fully saturated rings. The first-order chi connectivity index (χ1) is 10.6. The van der Waals surface area contributed by atoms with Gasteiger partial charge >= 0.3 is 0 Å². The number of hydrogen-bond acceptors (Lipinski definition) is 4. The second kappa shape index (κ2) is 7.79. The molecule has 0 atom stereocenters. The second-order valence-electron chi connectivity index (χ2n) is 4.37. The van der Waals surface area contributed by atoms with Gasteiger partial charge in [0.25, 0.3) is 5.91 Å². The molecule has 0 bridgehead atoms. The number of methoxy groups -OCH3 is 1. The van der Waals surface area contributed by atoms with Crippen LogP contribution in [0.3, 0.4) is 0 Å². The highest BCUT2D eigenvalue weighted by Crippen LogP contribution is 2.22. The predicted octanol–water partition coefficient (Wildman–Crippen LogP) is 3.13. The Kier molecular flexibility index (Phi) is 5.76. The average Bonchev–Trinajstić information content (AvgIpc) is 2.52. The van der Waals surface area contributed by atoms with Crippen LogP contribution < -0.4 is 14.8 Å². The molecule has 22 heavy (non-hydrogen) atoms. The number of hydrogen-bond donors (Lipinski definition) is 1. The zero-order chi connectivity index (χ0) is 15.9. The molecule has 0 aromatic heterocycles. The lowest BCUT2D eigenvalue weighted by molar-refractivity contribution is -0.118. The molecule has 0 unspecified atom stereocenters. The maximum absolute atomic E-state index is 11.9. The van der Waals surface area contributed by atoms with Gasteiger partial charge in [0.2, 0.25) is 0 Å². The topological polar surface area (TPSA) is 64.6 Å². The summed E-state index contributed by atoms with van der Waals surface area (Å²) in [6.07, 6.45) is 0.662. The van der Waals surface area contributed by atoms with Crippen LogP contribution in [0.2, 0.25) is 0 Å². The molecule has 114 valence electrons. The first-order valence-corrected chi connectivity index (χ1v) is 7.51. The fourth-order valence-electron chi connectivity index (χ4n) is 1.78. The highest BCUT2D eigenvalue weighted by atomic mass is 127. The van der Waals surface area contributed by atoms with Crippen LogP contribution in [0.5, 0.6) is 11.5 Å². The van der Waals surface area contributed by atoms with E-state index in [4.69, 9.17) is 9.47 Å². The van der Waals surface area contributed by atoms with Crippen molar-refractivity contribution >= 4 is 40.5 Å². The van der Waals surface area contributed by atoms with Crippen LogP contribution in [0.4, 0.5) is 5.69 Å². The van der Waals surface area contributed by atoms with E-state index < -0.39 is 0 Å². The highest BCUT2D eigenvalue weighted by molar-refractivity contribution is 14.1. The Morgan fingerprint density at radius 1 is 1.27 bits per heavy atom. The molecule has 0 saturated heterocycles. The Balaban J connectivity index is 1.97. The van der Waals surface area contributed by atoms with E-state index in [0.29, 0.717) is 29.0 Å². The monoisotopic (exact) mass is 411 g/mol. The molecule has 0 aliphatic heterocycles. The molecule has 0 saturated carbocycles. The van der Waals surface area contributed by atoms with Crippen LogP contribution in [-0.2, 0) is 4.79 Å². The van der Waals surface area contributed by atoms with Gasteiger partial charge in [0.05, 0.1) is 12.7 Å². The summed E-state index contributed by atoms with van der Waals surface area (Å²) in [6.45, 7) is -0.182. The first kappa shape index (κ1) is 16.3. The standard InChI is InChI=1S/C16H14INO4/c1-21-14-5-6-15(11(7-14)9-19)22-10-16(20)18-13-4-2-3-12(17)8-13/h2-9H,10H2,1H3,(H,18,20). The van der Waals surface area contributed by atoms with Crippen molar-refractivity contribution in [2.24, 2.45) is 0 Å². The number of nitrogens with one attached hydrogen (secondary N) is 1. The van der Waals surface area contributed by atoms with E-state index in [1.54, 1.807) is 24.3 Å². The average molecular weight is 411 g/mol. The van der Waals surface area contributed by atoms with Gasteiger partial charge in [0.1, 0.15) is 11.5 Å². The minimum Gasteiger partial charge on any atom is -0.497 e. The lowest BCUT2D eigenvalue weighted by Crippen LogP contribution is -2.20. The SMILES string of the molecule is COc1ccc(OCC(=O)Nc2cccc(I)c2)c(C=O)c1. The van der Waals surface area contributed by atoms with E-state index in [2.05, 4.69) is 27.9 Å². The smallest absolute Gasteiger partial charge is 0.262 e. The van der Waals surface area contributed by atoms with Gasteiger partial charge in [-0.3, -0.25) is 9.59 Å². The Hall–Kier alpha value is -2.09. The van der Waals surface area contributed by atoms with Gasteiger partial charge in [-0.25, -0.2) is 0 Å². The van der Waals surface area contributed by atoms with Gasteiger partial charge in [0.15, 0.2) is 12.9 Å². The number of rotatable bonds is 6. The van der Waals surface area contributed by atoms with E-state index in [9.17, 15) is 9.59 Å². The summed E-state index contributed by atoms with van der Waals surface area (Å²) in [7, 11) is 1.51. The predicted molar refractivity (Wildman–Crippen MR) is 91.7 cm³/mol. The van der Waals surface area contributed by atoms with Gasteiger partial charge in [-0.2, -0.15) is 0 Å². The van der Waals surface area contributed by atoms with Crippen molar-refractivity contribution in [2.45, 2.75) is 0 Å². The van der Waals surface area contributed by atoms with Crippen molar-refractivity contribution in [3.63, 3.8) is 0 Å². The number of benzene rings is 2. The normalized spacial score (nSPS) is 9.91. The van der Waals surface area contributed by atoms with Gasteiger partial charge in [0, 0.05) is 9.26 Å². The van der Waals surface area contributed by atoms with E-state index >= 15 is 0 Å². The van der Waals surface area contributed by atoms with Gasteiger partial charge in [-0.15, -0.1) is 0 Å². The van der Waals surface area contributed by atoms with Crippen LogP contribution in [0.25, 0.3) is 0 Å². The van der Waals surface area contributed by atoms with E-state index in [-0.39, 0.29) is 12.5 Å². The molecule has 6 heteroatoms. The molecular weight excluding hydrogens is 397 g/mol. The molecule has 0 aliphatic carbocycles. The lowest BCUT2D eigenvalue weighted by Gasteiger charge is -2.10. The number of ether oxygens (including phenoxy) is 2. The summed E-state index contributed by atoms with van der Waals surface area (Å²) < 4.78 is 11.4. The van der Waals surface area contributed by atoms with Crippen LogP contribution in [-0.4, -0.2) is 25.9 Å². The first-order valence-electron chi connectivity index (χ1n) is 6.44. The molecule has 0 radical (unpaired) electrons. The van der Waals surface area contributed by atoms with Crippen molar-refractivity contribution in [1.29, 1.82) is 0 Å². The number of halogens is 1. The quantitative estimate of drug-likeness (QED) is 0.586. The highest BCUT2D eigenvalue weighted by Gasteiger charge is 2.08. The third kappa shape index (κ3) is 4.45. The summed E-state index contributed by atoms with van der Waals surface area (Å²) in [4.78, 5) is 22.9. The Bertz CT molecular complexity index is 688. The summed E-state index contributed by atoms with van der Waals surface area (Å²) in [5, 5.41) is 2.73. The van der Waals surface area contributed by atoms with Crippen molar-refractivity contribution in [3.8, 4) is 11.5 Å². The maximum Gasteiger partial charge on any atom is 0.262 e. The van der Waals surface area contributed by atoms with Gasteiger partial charge in [-0.1, -0.05) is 6.07 Å². The molecule has 0 aliphatic rings. The fourth-order valence-corrected chi connectivity index (χ4v) is 2.33. The molecule has 1 amide bonds. The zero-order valence-corrected chi connectivity index (χ0v) is 14.0. The van der Waals surface area contributed by atoms with Crippen molar-refractivity contribution < 1.29 is 19.1 Å². The zero-order valence-electron chi connectivity index (χ0n) is 11.8. The van der Waals surface area contributed by atoms with Crippen LogP contribution in [0.15, 0.2) is 42.5 Å². The Morgan fingerprint density at radius 2 is 2.09 bits per heavy atom. The fraction of sp³-hybridized carbons (Fsp3) is 0.125. The third-order valence-corrected chi connectivity index (χ3v) is 3.48. The van der Waals surface area contributed by atoms with Crippen LogP contribution in [0, 0.1) is 3.57 Å². The summed E-state index contributed by atoms with van der Waals surface area (Å²) in [5.41, 5.74) is 1.03. The van der Waals surface area contributed by atoms with E-state index in [1.807, 2.05) is 18.2 Å². The number of carbonyl (C=O) groups is 2. The molecule has 1 N–H and O–H groups in total. The Labute approximate surface area is 141 Å². The molecule has 2 aromatic carbocycles. The maximum atomic E-state index is 11.9. The number of amides is 1. The molecule has 2 rings (SSSR count). The number of anilines is 1. The minimum atomic E-state index is -0.297. The van der Waals surface area contributed by atoms with Crippen LogP contribution >= 0.6 is 22.6 Å². The summed E-state index contributed by atoms with van der Waals surface area (Å²) >= 11 is 2.17. The summed E-state index contributed by atoms with van der Waals surface area (Å²) in [5.74, 6) is 0.598. The number of aldehydes is 1. The van der Waals surface area contributed by atoms with Gasteiger partial charge in [-0.05, 0) is 59.0 Å². The summed E-state index contributed by atoms with van der Waals surface area (Å²) in [6, 6.07) is 12.3. The third-order valence-electron chi connectivity index (χ3n) is 2.81. The van der Waals surface area contributed by atoms with E-state index in [0.717, 1.165) is 3.57 Å². The van der Waals surface area contributed by atoms with E-state index in [1.165, 1.54) is 7.11 Å². The molecule has 5 nitrogen and oxygen atoms in total. The van der Waals surface area contributed by atoms with Crippen LogP contribution in [0.1, 0.15) is 10.4 Å².